The first-order chi connectivity index (χ1) is 7.35. The summed E-state index contributed by atoms with van der Waals surface area (Å²) in [5.74, 6) is 2.07. The number of allylic oxidation sites excluding steroid dienone is 1. The Hall–Kier alpha value is -0.500. The van der Waals surface area contributed by atoms with Gasteiger partial charge in [0, 0.05) is 12.5 Å². The molecule has 1 aliphatic heterocycles. The Balaban J connectivity index is 2.01. The zero-order valence-electron chi connectivity index (χ0n) is 10.0. The first kappa shape index (κ1) is 11.0. The monoisotopic (exact) mass is 209 g/mol. The van der Waals surface area contributed by atoms with Gasteiger partial charge in [0.15, 0.2) is 0 Å². The molecular weight excluding hydrogens is 186 g/mol. The Morgan fingerprint density at radius 2 is 2.40 bits per heavy atom. The highest BCUT2D eigenvalue weighted by Gasteiger charge is 2.33. The number of rotatable bonds is 3. The van der Waals surface area contributed by atoms with Crippen LogP contribution in [0.2, 0.25) is 0 Å². The third-order valence-corrected chi connectivity index (χ3v) is 3.86. The van der Waals surface area contributed by atoms with Crippen molar-refractivity contribution >= 4 is 0 Å². The summed E-state index contributed by atoms with van der Waals surface area (Å²) in [6.07, 6.45) is 8.72. The number of piperidine rings is 1. The first-order valence-electron chi connectivity index (χ1n) is 6.32. The van der Waals surface area contributed by atoms with Crippen LogP contribution in [0.15, 0.2) is 11.8 Å². The van der Waals surface area contributed by atoms with Gasteiger partial charge in [-0.2, -0.15) is 0 Å². The van der Waals surface area contributed by atoms with Crippen LogP contribution < -0.4 is 0 Å². The number of nitrogens with zero attached hydrogens (tertiary/aromatic N) is 1. The molecule has 0 radical (unpaired) electrons. The highest BCUT2D eigenvalue weighted by molar-refractivity contribution is 5.06. The average Bonchev–Trinajstić information content (AvgIpc) is 2.29. The van der Waals surface area contributed by atoms with Crippen molar-refractivity contribution in [1.29, 1.82) is 0 Å². The first-order valence-corrected chi connectivity index (χ1v) is 6.32. The van der Waals surface area contributed by atoms with Gasteiger partial charge < -0.3 is 4.74 Å². The molecule has 1 aliphatic carbocycles. The third kappa shape index (κ3) is 2.36. The number of ether oxygens (including phenoxy) is 1. The summed E-state index contributed by atoms with van der Waals surface area (Å²) in [6.45, 7) is 4.87. The average molecular weight is 209 g/mol. The molecule has 2 aliphatic rings. The van der Waals surface area contributed by atoms with Crippen LogP contribution in [0.5, 0.6) is 0 Å². The van der Waals surface area contributed by atoms with E-state index >= 15 is 0 Å². The zero-order valence-corrected chi connectivity index (χ0v) is 10.0. The van der Waals surface area contributed by atoms with E-state index in [0.29, 0.717) is 0 Å². The number of likely N-dealkylation sites (tertiary alicyclic amines) is 1. The van der Waals surface area contributed by atoms with E-state index in [-0.39, 0.29) is 0 Å². The predicted octanol–water partition coefficient (Wildman–Crippen LogP) is 2.80. The number of hydrogen-bond acceptors (Lipinski definition) is 2. The van der Waals surface area contributed by atoms with E-state index in [0.717, 1.165) is 12.0 Å². The highest BCUT2D eigenvalue weighted by Crippen LogP contribution is 2.35. The van der Waals surface area contributed by atoms with Crippen molar-refractivity contribution in [3.63, 3.8) is 0 Å². The van der Waals surface area contributed by atoms with Gasteiger partial charge in [-0.15, -0.1) is 0 Å². The zero-order chi connectivity index (χ0) is 10.7. The van der Waals surface area contributed by atoms with Crippen molar-refractivity contribution in [2.24, 2.45) is 5.92 Å². The van der Waals surface area contributed by atoms with Gasteiger partial charge in [0.2, 0.25) is 0 Å². The summed E-state index contributed by atoms with van der Waals surface area (Å²) >= 11 is 0. The summed E-state index contributed by atoms with van der Waals surface area (Å²) in [5.41, 5.74) is 0. The fourth-order valence-corrected chi connectivity index (χ4v) is 3.12. The van der Waals surface area contributed by atoms with Crippen LogP contribution in [0, 0.1) is 5.92 Å². The molecule has 2 nitrogen and oxygen atoms in total. The quantitative estimate of drug-likeness (QED) is 0.708. The number of methoxy groups -OCH3 is 1. The molecule has 0 spiro atoms. The summed E-state index contributed by atoms with van der Waals surface area (Å²) in [4.78, 5) is 2.69. The second kappa shape index (κ2) is 5.02. The molecule has 1 saturated heterocycles. The molecule has 2 rings (SSSR count). The van der Waals surface area contributed by atoms with Gasteiger partial charge >= 0.3 is 0 Å². The van der Waals surface area contributed by atoms with Crippen LogP contribution >= 0.6 is 0 Å². The molecule has 0 saturated carbocycles. The lowest BCUT2D eigenvalue weighted by Gasteiger charge is -2.43. The normalized spacial score (nSPS) is 32.0. The van der Waals surface area contributed by atoms with Gasteiger partial charge in [0.1, 0.15) is 0 Å². The van der Waals surface area contributed by atoms with Crippen LogP contribution in [-0.2, 0) is 4.74 Å². The maximum atomic E-state index is 5.38. The Kier molecular flexibility index (Phi) is 3.68. The third-order valence-electron chi connectivity index (χ3n) is 3.86. The van der Waals surface area contributed by atoms with Gasteiger partial charge in [0.25, 0.3) is 0 Å². The van der Waals surface area contributed by atoms with Crippen molar-refractivity contribution in [2.45, 2.75) is 45.1 Å². The lowest BCUT2D eigenvalue weighted by atomic mass is 9.80. The van der Waals surface area contributed by atoms with Crippen molar-refractivity contribution < 1.29 is 4.74 Å². The molecule has 0 bridgehead atoms. The lowest BCUT2D eigenvalue weighted by Crippen LogP contribution is -2.46. The molecule has 2 unspecified atom stereocenters. The summed E-state index contributed by atoms with van der Waals surface area (Å²) in [6, 6.07) is 0.803. The summed E-state index contributed by atoms with van der Waals surface area (Å²) in [5, 5.41) is 0. The minimum atomic E-state index is 0.803. The maximum absolute atomic E-state index is 5.38. The van der Waals surface area contributed by atoms with E-state index in [1.807, 2.05) is 0 Å². The van der Waals surface area contributed by atoms with E-state index in [2.05, 4.69) is 17.9 Å². The van der Waals surface area contributed by atoms with Crippen LogP contribution in [-0.4, -0.2) is 31.1 Å². The summed E-state index contributed by atoms with van der Waals surface area (Å²) in [7, 11) is 1.80. The van der Waals surface area contributed by atoms with Crippen molar-refractivity contribution in [1.82, 2.24) is 4.90 Å². The lowest BCUT2D eigenvalue weighted by molar-refractivity contribution is 0.0747. The van der Waals surface area contributed by atoms with E-state index in [1.165, 1.54) is 51.0 Å². The SMILES string of the molecule is CCCN1CCCC2CC(OC)=CCC21. The molecule has 2 atom stereocenters. The van der Waals surface area contributed by atoms with Gasteiger partial charge in [-0.25, -0.2) is 0 Å². The Bertz CT molecular complexity index is 235. The topological polar surface area (TPSA) is 12.5 Å². The molecule has 0 aromatic heterocycles. The Labute approximate surface area is 93.3 Å². The van der Waals surface area contributed by atoms with Crippen LogP contribution in [0.4, 0.5) is 0 Å². The largest absolute Gasteiger partial charge is 0.501 e. The smallest absolute Gasteiger partial charge is 0.0919 e. The fraction of sp³-hybridized carbons (Fsp3) is 0.846. The molecule has 1 fully saturated rings. The molecule has 1 heterocycles. The van der Waals surface area contributed by atoms with Crippen LogP contribution in [0.1, 0.15) is 39.0 Å². The van der Waals surface area contributed by atoms with E-state index in [9.17, 15) is 0 Å². The molecule has 0 amide bonds. The Morgan fingerprint density at radius 3 is 3.13 bits per heavy atom. The molecule has 0 aromatic rings. The number of hydrogen-bond donors (Lipinski definition) is 0. The minimum Gasteiger partial charge on any atom is -0.501 e. The molecule has 15 heavy (non-hydrogen) atoms. The van der Waals surface area contributed by atoms with E-state index in [4.69, 9.17) is 4.74 Å². The van der Waals surface area contributed by atoms with Crippen molar-refractivity contribution in [3.8, 4) is 0 Å². The molecule has 0 N–H and O–H groups in total. The molecule has 86 valence electrons. The fourth-order valence-electron chi connectivity index (χ4n) is 3.12. The van der Waals surface area contributed by atoms with Crippen LogP contribution in [0.25, 0.3) is 0 Å². The molecular formula is C13H23NO. The van der Waals surface area contributed by atoms with Crippen molar-refractivity contribution in [2.75, 3.05) is 20.2 Å². The maximum Gasteiger partial charge on any atom is 0.0919 e. The van der Waals surface area contributed by atoms with Gasteiger partial charge in [-0.05, 0) is 50.8 Å². The second-order valence-corrected chi connectivity index (χ2v) is 4.82. The van der Waals surface area contributed by atoms with Gasteiger partial charge in [-0.1, -0.05) is 6.92 Å². The van der Waals surface area contributed by atoms with Gasteiger partial charge in [-0.3, -0.25) is 4.90 Å². The predicted molar refractivity (Wildman–Crippen MR) is 62.7 cm³/mol. The molecule has 0 aromatic carbocycles. The van der Waals surface area contributed by atoms with Gasteiger partial charge in [0.05, 0.1) is 12.9 Å². The van der Waals surface area contributed by atoms with Crippen molar-refractivity contribution in [3.05, 3.63) is 11.8 Å². The van der Waals surface area contributed by atoms with E-state index in [1.54, 1.807) is 7.11 Å². The Morgan fingerprint density at radius 1 is 1.53 bits per heavy atom. The molecule has 2 heteroatoms. The van der Waals surface area contributed by atoms with E-state index < -0.39 is 0 Å². The minimum absolute atomic E-state index is 0.803. The van der Waals surface area contributed by atoms with Crippen LogP contribution in [0.3, 0.4) is 0 Å². The number of fused-ring (bicyclic) bond motifs is 1. The second-order valence-electron chi connectivity index (χ2n) is 4.82. The standard InChI is InChI=1S/C13H23NO/c1-3-8-14-9-4-5-11-10-12(15-2)6-7-13(11)14/h6,11,13H,3-5,7-10H2,1-2H3. The highest BCUT2D eigenvalue weighted by atomic mass is 16.5. The summed E-state index contributed by atoms with van der Waals surface area (Å²) < 4.78 is 5.38.